The van der Waals surface area contributed by atoms with Gasteiger partial charge in [-0.25, -0.2) is 0 Å². The molecule has 0 fully saturated rings. The summed E-state index contributed by atoms with van der Waals surface area (Å²) in [4.78, 5) is 24.5. The predicted octanol–water partition coefficient (Wildman–Crippen LogP) is 2.38. The average Bonchev–Trinajstić information content (AvgIpc) is 3.34. The summed E-state index contributed by atoms with van der Waals surface area (Å²) in [6, 6.07) is 16.5. The molecule has 1 N–H and O–H groups in total. The molecule has 0 saturated carbocycles. The zero-order valence-corrected chi connectivity index (χ0v) is 17.3. The third kappa shape index (κ3) is 4.51. The van der Waals surface area contributed by atoms with E-state index in [1.165, 1.54) is 16.8 Å². The molecule has 1 aliphatic rings. The van der Waals surface area contributed by atoms with Gasteiger partial charge in [0.25, 0.3) is 5.91 Å². The molecule has 146 valence electrons. The van der Waals surface area contributed by atoms with Crippen molar-refractivity contribution in [2.45, 2.75) is 11.6 Å². The Labute approximate surface area is 178 Å². The minimum Gasteiger partial charge on any atom is -0.312 e. The SMILES string of the molecule is O=C(CSc1nnnn1-c1ccc(Br)cc1)NC1=NN(c2ccccc2)C(=O)C1. The molecule has 2 amide bonds. The van der Waals surface area contributed by atoms with Crippen molar-refractivity contribution < 1.29 is 9.59 Å². The van der Waals surface area contributed by atoms with Crippen LogP contribution >= 0.6 is 27.7 Å². The number of thioether (sulfide) groups is 1. The number of amidine groups is 1. The smallest absolute Gasteiger partial charge is 0.255 e. The topological polar surface area (TPSA) is 105 Å². The van der Waals surface area contributed by atoms with Gasteiger partial charge < -0.3 is 5.32 Å². The van der Waals surface area contributed by atoms with Crippen molar-refractivity contribution in [2.24, 2.45) is 5.10 Å². The van der Waals surface area contributed by atoms with Crippen molar-refractivity contribution >= 4 is 51.0 Å². The molecular weight excluding hydrogens is 458 g/mol. The van der Waals surface area contributed by atoms with Gasteiger partial charge in [-0.15, -0.1) is 5.10 Å². The fourth-order valence-corrected chi connectivity index (χ4v) is 3.57. The van der Waals surface area contributed by atoms with Gasteiger partial charge in [0.1, 0.15) is 5.84 Å². The van der Waals surface area contributed by atoms with Crippen LogP contribution in [-0.4, -0.2) is 43.6 Å². The number of halogens is 1. The minimum absolute atomic E-state index is 0.0436. The molecule has 0 bridgehead atoms. The highest BCUT2D eigenvalue weighted by atomic mass is 79.9. The summed E-state index contributed by atoms with van der Waals surface area (Å²) in [7, 11) is 0. The first-order chi connectivity index (χ1) is 14.1. The lowest BCUT2D eigenvalue weighted by atomic mass is 10.3. The number of nitrogens with one attached hydrogen (secondary N) is 1. The van der Waals surface area contributed by atoms with Gasteiger partial charge in [0, 0.05) is 4.47 Å². The van der Waals surface area contributed by atoms with Gasteiger partial charge in [-0.2, -0.15) is 14.8 Å². The first-order valence-electron chi connectivity index (χ1n) is 8.52. The van der Waals surface area contributed by atoms with Crippen molar-refractivity contribution in [2.75, 3.05) is 10.8 Å². The maximum Gasteiger partial charge on any atom is 0.255 e. The van der Waals surface area contributed by atoms with E-state index in [1.54, 1.807) is 16.8 Å². The molecule has 9 nitrogen and oxygen atoms in total. The third-order valence-corrected chi connectivity index (χ3v) is 5.35. The lowest BCUT2D eigenvalue weighted by Gasteiger charge is -2.10. The highest BCUT2D eigenvalue weighted by Gasteiger charge is 2.26. The Hall–Kier alpha value is -3.05. The maximum atomic E-state index is 12.3. The monoisotopic (exact) mass is 471 g/mol. The van der Waals surface area contributed by atoms with Gasteiger partial charge >= 0.3 is 0 Å². The molecule has 1 aliphatic heterocycles. The van der Waals surface area contributed by atoms with Crippen molar-refractivity contribution in [3.8, 4) is 5.69 Å². The second-order valence-electron chi connectivity index (χ2n) is 5.95. The van der Waals surface area contributed by atoms with Crippen LogP contribution in [0.5, 0.6) is 0 Å². The van der Waals surface area contributed by atoms with Gasteiger partial charge in [-0.05, 0) is 46.8 Å². The molecular formula is C18H14BrN7O2S. The van der Waals surface area contributed by atoms with Gasteiger partial charge in [0.2, 0.25) is 11.1 Å². The van der Waals surface area contributed by atoms with E-state index in [0.29, 0.717) is 16.7 Å². The number of anilines is 1. The van der Waals surface area contributed by atoms with E-state index in [-0.39, 0.29) is 24.0 Å². The van der Waals surface area contributed by atoms with E-state index in [9.17, 15) is 9.59 Å². The van der Waals surface area contributed by atoms with Crippen LogP contribution in [0.4, 0.5) is 5.69 Å². The third-order valence-electron chi connectivity index (χ3n) is 3.90. The summed E-state index contributed by atoms with van der Waals surface area (Å²) in [6.45, 7) is 0. The number of nitrogens with zero attached hydrogens (tertiary/aromatic N) is 6. The molecule has 0 spiro atoms. The molecule has 0 aliphatic carbocycles. The van der Waals surface area contributed by atoms with Crippen molar-refractivity contribution in [1.82, 2.24) is 25.5 Å². The summed E-state index contributed by atoms with van der Waals surface area (Å²) in [5.74, 6) is -0.0905. The molecule has 3 aromatic rings. The van der Waals surface area contributed by atoms with E-state index in [2.05, 4.69) is 41.9 Å². The number of benzene rings is 2. The van der Waals surface area contributed by atoms with Crippen LogP contribution < -0.4 is 10.3 Å². The minimum atomic E-state index is -0.290. The van der Waals surface area contributed by atoms with E-state index in [4.69, 9.17) is 0 Å². The molecule has 0 radical (unpaired) electrons. The number of carbonyl (C=O) groups excluding carboxylic acids is 2. The van der Waals surface area contributed by atoms with Crippen molar-refractivity contribution in [3.05, 3.63) is 59.1 Å². The highest BCUT2D eigenvalue weighted by molar-refractivity contribution is 9.10. The van der Waals surface area contributed by atoms with E-state index >= 15 is 0 Å². The Morgan fingerprint density at radius 3 is 2.62 bits per heavy atom. The molecule has 11 heteroatoms. The molecule has 0 saturated heterocycles. The van der Waals surface area contributed by atoms with Crippen LogP contribution in [0.3, 0.4) is 0 Å². The fourth-order valence-electron chi connectivity index (χ4n) is 2.61. The summed E-state index contributed by atoms with van der Waals surface area (Å²) in [5, 5.41) is 20.3. The number of hydrogen-bond donors (Lipinski definition) is 1. The van der Waals surface area contributed by atoms with Gasteiger partial charge in [0.15, 0.2) is 0 Å². The number of hydrazone groups is 1. The van der Waals surface area contributed by atoms with Crippen LogP contribution in [-0.2, 0) is 9.59 Å². The quantitative estimate of drug-likeness (QED) is 0.572. The second-order valence-corrected chi connectivity index (χ2v) is 7.81. The Bertz CT molecular complexity index is 1070. The van der Waals surface area contributed by atoms with Crippen LogP contribution in [0.15, 0.2) is 69.3 Å². The number of hydrogen-bond acceptors (Lipinski definition) is 7. The number of amides is 2. The van der Waals surface area contributed by atoms with E-state index < -0.39 is 0 Å². The Kier molecular flexibility index (Phi) is 5.67. The molecule has 2 heterocycles. The van der Waals surface area contributed by atoms with Crippen molar-refractivity contribution in [1.29, 1.82) is 0 Å². The maximum absolute atomic E-state index is 12.3. The summed E-state index contributed by atoms with van der Waals surface area (Å²) in [5.41, 5.74) is 1.44. The second kappa shape index (κ2) is 8.53. The van der Waals surface area contributed by atoms with E-state index in [1.807, 2.05) is 42.5 Å². The zero-order chi connectivity index (χ0) is 20.2. The molecule has 1 aromatic heterocycles. The predicted molar refractivity (Wildman–Crippen MR) is 112 cm³/mol. The Morgan fingerprint density at radius 1 is 1.10 bits per heavy atom. The summed E-state index contributed by atoms with van der Waals surface area (Å²) >= 11 is 4.58. The van der Waals surface area contributed by atoms with E-state index in [0.717, 1.165) is 10.2 Å². The lowest BCUT2D eigenvalue weighted by Crippen LogP contribution is -2.31. The standard InChI is InChI=1S/C18H14BrN7O2S/c19-12-6-8-14(9-7-12)26-18(21-23-24-26)29-11-16(27)20-15-10-17(28)25(22-15)13-4-2-1-3-5-13/h1-9H,10-11H2,(H,20,22,27). The van der Waals surface area contributed by atoms with Gasteiger partial charge in [-0.3, -0.25) is 9.59 Å². The fraction of sp³-hybridized carbons (Fsp3) is 0.111. The molecule has 2 aromatic carbocycles. The van der Waals surface area contributed by atoms with Gasteiger partial charge in [0.05, 0.1) is 23.5 Å². The zero-order valence-electron chi connectivity index (χ0n) is 14.9. The first kappa shape index (κ1) is 19.3. The number of rotatable bonds is 5. The number of tetrazole rings is 1. The molecule has 0 atom stereocenters. The largest absolute Gasteiger partial charge is 0.312 e. The first-order valence-corrected chi connectivity index (χ1v) is 10.3. The molecule has 29 heavy (non-hydrogen) atoms. The average molecular weight is 472 g/mol. The molecule has 0 unspecified atom stereocenters. The van der Waals surface area contributed by atoms with Gasteiger partial charge in [-0.1, -0.05) is 45.9 Å². The lowest BCUT2D eigenvalue weighted by molar-refractivity contribution is -0.117. The normalized spacial score (nSPS) is 13.5. The summed E-state index contributed by atoms with van der Waals surface area (Å²) in [6.07, 6.45) is 0.0436. The number of para-hydroxylation sites is 1. The van der Waals surface area contributed by atoms with Crippen LogP contribution in [0.1, 0.15) is 6.42 Å². The van der Waals surface area contributed by atoms with Crippen LogP contribution in [0, 0.1) is 0 Å². The number of carbonyl (C=O) groups is 2. The highest BCUT2D eigenvalue weighted by Crippen LogP contribution is 2.21. The van der Waals surface area contributed by atoms with Crippen LogP contribution in [0.25, 0.3) is 5.69 Å². The Balaban J connectivity index is 1.37. The Morgan fingerprint density at radius 2 is 1.86 bits per heavy atom. The van der Waals surface area contributed by atoms with Crippen molar-refractivity contribution in [3.63, 3.8) is 0 Å². The van der Waals surface area contributed by atoms with Crippen LogP contribution in [0.2, 0.25) is 0 Å². The summed E-state index contributed by atoms with van der Waals surface area (Å²) < 4.78 is 2.50. The molecule has 4 rings (SSSR count). The number of aromatic nitrogens is 4.